The fourth-order valence-electron chi connectivity index (χ4n) is 0.916. The Kier molecular flexibility index (Phi) is 2.63. The molecule has 0 N–H and O–H groups in total. The smallest absolute Gasteiger partial charge is 0.175 e. The topological polar surface area (TPSA) is 59.4 Å². The van der Waals surface area contributed by atoms with Crippen molar-refractivity contribution in [3.05, 3.63) is 35.0 Å². The van der Waals surface area contributed by atoms with Crippen LogP contribution in [0.2, 0.25) is 0 Å². The molecule has 0 aliphatic carbocycles. The molecule has 1 aromatic rings. The highest BCUT2D eigenvalue weighted by Crippen LogP contribution is 2.16. The van der Waals surface area contributed by atoms with Gasteiger partial charge in [0.1, 0.15) is 0 Å². The summed E-state index contributed by atoms with van der Waals surface area (Å²) in [6.45, 7) is 1.34. The van der Waals surface area contributed by atoms with E-state index in [0.29, 0.717) is 5.56 Å². The lowest BCUT2D eigenvalue weighted by molar-refractivity contribution is -0.118. The van der Waals surface area contributed by atoms with Gasteiger partial charge in [-0.3, -0.25) is 9.78 Å². The number of carbonyl (C=O) groups is 1. The number of nitroso groups, excluding NO2 is 1. The third kappa shape index (κ3) is 1.72. The molecule has 1 aromatic heterocycles. The number of rotatable bonds is 3. The summed E-state index contributed by atoms with van der Waals surface area (Å²) in [6, 6.07) is 2.33. The lowest BCUT2D eigenvalue weighted by Gasteiger charge is -2.02. The quantitative estimate of drug-likeness (QED) is 0.635. The molecule has 0 radical (unpaired) electrons. The van der Waals surface area contributed by atoms with Gasteiger partial charge >= 0.3 is 0 Å². The zero-order chi connectivity index (χ0) is 8.97. The summed E-state index contributed by atoms with van der Waals surface area (Å²) in [5, 5.41) is 2.73. The first-order valence-corrected chi connectivity index (χ1v) is 3.48. The van der Waals surface area contributed by atoms with Crippen molar-refractivity contribution in [2.75, 3.05) is 0 Å². The van der Waals surface area contributed by atoms with E-state index in [9.17, 15) is 9.70 Å². The molecule has 0 saturated heterocycles. The second-order valence-electron chi connectivity index (χ2n) is 2.40. The Morgan fingerprint density at radius 1 is 1.50 bits per heavy atom. The van der Waals surface area contributed by atoms with Crippen molar-refractivity contribution in [2.45, 2.75) is 13.0 Å². The van der Waals surface area contributed by atoms with Crippen LogP contribution in [-0.2, 0) is 4.79 Å². The van der Waals surface area contributed by atoms with Crippen molar-refractivity contribution in [2.24, 2.45) is 5.18 Å². The van der Waals surface area contributed by atoms with Crippen LogP contribution in [0, 0.1) is 4.91 Å². The van der Waals surface area contributed by atoms with Gasteiger partial charge in [0.15, 0.2) is 11.8 Å². The molecular weight excluding hydrogens is 156 g/mol. The molecule has 1 unspecified atom stereocenters. The van der Waals surface area contributed by atoms with Crippen LogP contribution in [0.1, 0.15) is 18.5 Å². The Morgan fingerprint density at radius 2 is 2.08 bits per heavy atom. The molecule has 4 heteroatoms. The van der Waals surface area contributed by atoms with Gasteiger partial charge in [-0.05, 0) is 24.6 Å². The van der Waals surface area contributed by atoms with E-state index in [1.807, 2.05) is 0 Å². The van der Waals surface area contributed by atoms with E-state index in [1.54, 1.807) is 12.1 Å². The molecule has 0 fully saturated rings. The maximum absolute atomic E-state index is 10.9. The maximum atomic E-state index is 10.9. The summed E-state index contributed by atoms with van der Waals surface area (Å²) in [5.74, 6) is -0.254. The standard InChI is InChI=1S/C8H8N2O2/c1-6(11)8(10-12)7-2-4-9-5-3-7/h2-5,8H,1H3. The number of Topliss-reactive ketones (excluding diaryl/α,β-unsaturated/α-hetero) is 1. The number of pyridine rings is 1. The first kappa shape index (κ1) is 8.52. The van der Waals surface area contributed by atoms with Crippen LogP contribution in [0.5, 0.6) is 0 Å². The number of carbonyl (C=O) groups excluding carboxylic acids is 1. The Labute approximate surface area is 69.6 Å². The van der Waals surface area contributed by atoms with Gasteiger partial charge in [-0.15, -0.1) is 4.91 Å². The van der Waals surface area contributed by atoms with Crippen molar-refractivity contribution in [3.8, 4) is 0 Å². The van der Waals surface area contributed by atoms with Crippen molar-refractivity contribution in [3.63, 3.8) is 0 Å². The lowest BCUT2D eigenvalue weighted by atomic mass is 10.1. The predicted octanol–water partition coefficient (Wildman–Crippen LogP) is 1.48. The van der Waals surface area contributed by atoms with Crippen molar-refractivity contribution < 1.29 is 4.79 Å². The van der Waals surface area contributed by atoms with Gasteiger partial charge in [0.2, 0.25) is 0 Å². The van der Waals surface area contributed by atoms with Gasteiger partial charge in [-0.1, -0.05) is 5.18 Å². The molecule has 62 valence electrons. The van der Waals surface area contributed by atoms with Gasteiger partial charge in [-0.2, -0.15) is 0 Å². The second kappa shape index (κ2) is 3.71. The maximum Gasteiger partial charge on any atom is 0.175 e. The third-order valence-corrected chi connectivity index (χ3v) is 1.51. The number of hydrogen-bond acceptors (Lipinski definition) is 4. The molecule has 0 spiro atoms. The van der Waals surface area contributed by atoms with Crippen LogP contribution >= 0.6 is 0 Å². The first-order chi connectivity index (χ1) is 5.75. The summed E-state index contributed by atoms with van der Waals surface area (Å²) in [4.78, 5) is 24.9. The minimum Gasteiger partial charge on any atom is -0.297 e. The van der Waals surface area contributed by atoms with E-state index < -0.39 is 6.04 Å². The summed E-state index contributed by atoms with van der Waals surface area (Å²) in [6.07, 6.45) is 3.05. The number of ketones is 1. The SMILES string of the molecule is CC(=O)C(N=O)c1ccncc1. The Morgan fingerprint density at radius 3 is 2.50 bits per heavy atom. The summed E-state index contributed by atoms with van der Waals surface area (Å²) >= 11 is 0. The van der Waals surface area contributed by atoms with Gasteiger partial charge in [0, 0.05) is 12.4 Å². The normalized spacial score (nSPS) is 12.1. The number of aromatic nitrogens is 1. The van der Waals surface area contributed by atoms with Crippen molar-refractivity contribution in [1.82, 2.24) is 4.98 Å². The zero-order valence-corrected chi connectivity index (χ0v) is 6.60. The molecular formula is C8H8N2O2. The molecule has 0 aromatic carbocycles. The summed E-state index contributed by atoms with van der Waals surface area (Å²) < 4.78 is 0. The van der Waals surface area contributed by atoms with E-state index in [1.165, 1.54) is 19.3 Å². The molecule has 1 atom stereocenters. The Balaban J connectivity index is 2.95. The highest BCUT2D eigenvalue weighted by atomic mass is 16.3. The van der Waals surface area contributed by atoms with Gasteiger partial charge < -0.3 is 0 Å². The molecule has 0 saturated carbocycles. The Bertz CT molecular complexity index is 284. The predicted molar refractivity (Wildman–Crippen MR) is 43.5 cm³/mol. The minimum absolute atomic E-state index is 0.254. The van der Waals surface area contributed by atoms with E-state index in [2.05, 4.69) is 10.2 Å². The molecule has 0 aliphatic heterocycles. The van der Waals surface area contributed by atoms with Gasteiger partial charge in [0.05, 0.1) is 0 Å². The third-order valence-electron chi connectivity index (χ3n) is 1.51. The van der Waals surface area contributed by atoms with Crippen LogP contribution < -0.4 is 0 Å². The molecule has 0 bridgehead atoms. The first-order valence-electron chi connectivity index (χ1n) is 3.48. The van der Waals surface area contributed by atoms with Crippen LogP contribution in [0.15, 0.2) is 29.7 Å². The molecule has 0 aliphatic rings. The van der Waals surface area contributed by atoms with E-state index in [4.69, 9.17) is 0 Å². The fraction of sp³-hybridized carbons (Fsp3) is 0.250. The molecule has 12 heavy (non-hydrogen) atoms. The largest absolute Gasteiger partial charge is 0.297 e. The molecule has 0 amide bonds. The van der Waals surface area contributed by atoms with Gasteiger partial charge in [0.25, 0.3) is 0 Å². The van der Waals surface area contributed by atoms with Crippen molar-refractivity contribution in [1.29, 1.82) is 0 Å². The number of nitrogens with zero attached hydrogens (tertiary/aromatic N) is 2. The summed E-state index contributed by atoms with van der Waals surface area (Å²) in [5.41, 5.74) is 0.590. The van der Waals surface area contributed by atoms with E-state index in [0.717, 1.165) is 0 Å². The van der Waals surface area contributed by atoms with E-state index in [-0.39, 0.29) is 5.78 Å². The molecule has 1 heterocycles. The van der Waals surface area contributed by atoms with E-state index >= 15 is 0 Å². The highest BCUT2D eigenvalue weighted by molar-refractivity contribution is 5.82. The Hall–Kier alpha value is -1.58. The lowest BCUT2D eigenvalue weighted by Crippen LogP contribution is -2.04. The van der Waals surface area contributed by atoms with Crippen LogP contribution in [0.4, 0.5) is 0 Å². The van der Waals surface area contributed by atoms with Crippen molar-refractivity contribution >= 4 is 5.78 Å². The zero-order valence-electron chi connectivity index (χ0n) is 6.60. The molecule has 1 rings (SSSR count). The molecule has 4 nitrogen and oxygen atoms in total. The second-order valence-corrected chi connectivity index (χ2v) is 2.40. The average molecular weight is 164 g/mol. The minimum atomic E-state index is -0.881. The van der Waals surface area contributed by atoms with Crippen LogP contribution in [-0.4, -0.2) is 10.8 Å². The highest BCUT2D eigenvalue weighted by Gasteiger charge is 2.15. The van der Waals surface area contributed by atoms with Crippen LogP contribution in [0.3, 0.4) is 0 Å². The number of hydrogen-bond donors (Lipinski definition) is 0. The average Bonchev–Trinajstić information content (AvgIpc) is 2.07. The van der Waals surface area contributed by atoms with Crippen LogP contribution in [0.25, 0.3) is 0 Å². The van der Waals surface area contributed by atoms with Gasteiger partial charge in [-0.25, -0.2) is 0 Å². The fourth-order valence-corrected chi connectivity index (χ4v) is 0.916. The summed E-state index contributed by atoms with van der Waals surface area (Å²) in [7, 11) is 0. The monoisotopic (exact) mass is 164 g/mol.